The van der Waals surface area contributed by atoms with Gasteiger partial charge >= 0.3 is 5.97 Å². The predicted molar refractivity (Wildman–Crippen MR) is 63.6 cm³/mol. The molecule has 1 atom stereocenters. The van der Waals surface area contributed by atoms with E-state index in [0.717, 1.165) is 0 Å². The quantitative estimate of drug-likeness (QED) is 0.669. The van der Waals surface area contributed by atoms with Gasteiger partial charge in [-0.1, -0.05) is 12.1 Å². The van der Waals surface area contributed by atoms with Gasteiger partial charge in [0.2, 0.25) is 0 Å². The van der Waals surface area contributed by atoms with Crippen molar-refractivity contribution in [2.24, 2.45) is 0 Å². The van der Waals surface area contributed by atoms with E-state index in [-0.39, 0.29) is 24.3 Å². The Balaban J connectivity index is 2.70. The molecule has 0 saturated heterocycles. The van der Waals surface area contributed by atoms with E-state index in [9.17, 15) is 14.7 Å². The maximum atomic E-state index is 11.8. The fourth-order valence-corrected chi connectivity index (χ4v) is 1.42. The van der Waals surface area contributed by atoms with Crippen LogP contribution in [0.25, 0.3) is 0 Å². The number of aromatic carboxylic acids is 1. The first-order valence-corrected chi connectivity index (χ1v) is 5.33. The number of benzene rings is 1. The van der Waals surface area contributed by atoms with Crippen molar-refractivity contribution in [3.63, 3.8) is 0 Å². The fraction of sp³-hybridized carbons (Fsp3) is 0.333. The molecule has 0 radical (unpaired) electrons. The van der Waals surface area contributed by atoms with Crippen LogP contribution in [0.4, 0.5) is 0 Å². The highest BCUT2D eigenvalue weighted by atomic mass is 16.5. The zero-order chi connectivity index (χ0) is 13.5. The molecule has 0 spiro atoms. The van der Waals surface area contributed by atoms with E-state index in [1.807, 2.05) is 0 Å². The predicted octanol–water partition coefficient (Wildman–Crippen LogP) is 0.122. The van der Waals surface area contributed by atoms with Crippen LogP contribution in [0.15, 0.2) is 24.3 Å². The zero-order valence-electron chi connectivity index (χ0n) is 9.92. The molecule has 0 aliphatic carbocycles. The standard InChI is InChI=1S/C12H15NO5/c1-18-7-8(14)6-13-11(15)9-4-2-3-5-10(9)12(16)17/h2-5,8,14H,6-7H2,1H3,(H,13,15)(H,16,17). The number of aliphatic hydroxyl groups is 1. The molecule has 0 aliphatic heterocycles. The van der Waals surface area contributed by atoms with E-state index in [1.165, 1.54) is 19.2 Å². The summed E-state index contributed by atoms with van der Waals surface area (Å²) in [5.41, 5.74) is -0.00847. The van der Waals surface area contributed by atoms with E-state index in [4.69, 9.17) is 9.84 Å². The largest absolute Gasteiger partial charge is 0.478 e. The minimum atomic E-state index is -1.17. The first kappa shape index (κ1) is 14.1. The lowest BCUT2D eigenvalue weighted by Gasteiger charge is -2.11. The second-order valence-electron chi connectivity index (χ2n) is 3.67. The lowest BCUT2D eigenvalue weighted by atomic mass is 10.1. The Hall–Kier alpha value is -1.92. The van der Waals surface area contributed by atoms with Gasteiger partial charge < -0.3 is 20.3 Å². The highest BCUT2D eigenvalue weighted by Gasteiger charge is 2.16. The minimum absolute atomic E-state index is 0.000622. The Labute approximate surface area is 104 Å². The number of aliphatic hydroxyl groups excluding tert-OH is 1. The van der Waals surface area contributed by atoms with E-state index in [2.05, 4.69) is 5.32 Å². The van der Waals surface area contributed by atoms with Crippen molar-refractivity contribution in [1.29, 1.82) is 0 Å². The van der Waals surface area contributed by atoms with E-state index >= 15 is 0 Å². The van der Waals surface area contributed by atoms with Gasteiger partial charge in [-0.2, -0.15) is 0 Å². The molecule has 1 rings (SSSR count). The number of hydrogen-bond acceptors (Lipinski definition) is 4. The van der Waals surface area contributed by atoms with Gasteiger partial charge in [0.25, 0.3) is 5.91 Å². The molecule has 1 aromatic rings. The second-order valence-corrected chi connectivity index (χ2v) is 3.67. The average molecular weight is 253 g/mol. The molecule has 0 bridgehead atoms. The zero-order valence-corrected chi connectivity index (χ0v) is 9.92. The van der Waals surface area contributed by atoms with Crippen LogP contribution >= 0.6 is 0 Å². The molecule has 1 unspecified atom stereocenters. The van der Waals surface area contributed by atoms with Crippen LogP contribution in [0.5, 0.6) is 0 Å². The average Bonchev–Trinajstić information content (AvgIpc) is 2.36. The fourth-order valence-electron chi connectivity index (χ4n) is 1.42. The van der Waals surface area contributed by atoms with Crippen molar-refractivity contribution in [3.8, 4) is 0 Å². The van der Waals surface area contributed by atoms with Crippen molar-refractivity contribution in [1.82, 2.24) is 5.32 Å². The van der Waals surface area contributed by atoms with Crippen molar-refractivity contribution in [2.45, 2.75) is 6.10 Å². The number of methoxy groups -OCH3 is 1. The summed E-state index contributed by atoms with van der Waals surface area (Å²) in [4.78, 5) is 22.7. The summed E-state index contributed by atoms with van der Waals surface area (Å²) in [5.74, 6) is -1.71. The van der Waals surface area contributed by atoms with E-state index < -0.39 is 18.0 Å². The molecule has 6 nitrogen and oxygen atoms in total. The van der Waals surface area contributed by atoms with Crippen LogP contribution in [0.2, 0.25) is 0 Å². The van der Waals surface area contributed by atoms with Gasteiger partial charge in [-0.05, 0) is 12.1 Å². The number of amides is 1. The molecule has 18 heavy (non-hydrogen) atoms. The maximum Gasteiger partial charge on any atom is 0.336 e. The Bertz CT molecular complexity index is 432. The molecule has 0 aliphatic rings. The summed E-state index contributed by atoms with van der Waals surface area (Å²) in [6, 6.07) is 5.89. The molecular formula is C12H15NO5. The topological polar surface area (TPSA) is 95.9 Å². The third-order valence-electron chi connectivity index (χ3n) is 2.26. The van der Waals surface area contributed by atoms with Crippen LogP contribution in [0, 0.1) is 0 Å². The summed E-state index contributed by atoms with van der Waals surface area (Å²) in [7, 11) is 1.44. The molecule has 98 valence electrons. The molecule has 1 amide bonds. The summed E-state index contributed by atoms with van der Waals surface area (Å²) in [6.07, 6.45) is -0.823. The third-order valence-corrected chi connectivity index (χ3v) is 2.26. The number of carboxylic acids is 1. The first-order chi connectivity index (χ1) is 8.56. The Morgan fingerprint density at radius 3 is 2.50 bits per heavy atom. The van der Waals surface area contributed by atoms with Crippen LogP contribution < -0.4 is 5.32 Å². The second kappa shape index (κ2) is 6.73. The molecule has 0 aromatic heterocycles. The summed E-state index contributed by atoms with van der Waals surface area (Å²) < 4.78 is 4.71. The smallest absolute Gasteiger partial charge is 0.336 e. The number of ether oxygens (including phenoxy) is 1. The first-order valence-electron chi connectivity index (χ1n) is 5.33. The monoisotopic (exact) mass is 253 g/mol. The van der Waals surface area contributed by atoms with Crippen LogP contribution in [0.3, 0.4) is 0 Å². The van der Waals surface area contributed by atoms with Crippen molar-refractivity contribution >= 4 is 11.9 Å². The maximum absolute atomic E-state index is 11.8. The van der Waals surface area contributed by atoms with Gasteiger partial charge in [-0.3, -0.25) is 4.79 Å². The van der Waals surface area contributed by atoms with Crippen LogP contribution in [0.1, 0.15) is 20.7 Å². The minimum Gasteiger partial charge on any atom is -0.478 e. The SMILES string of the molecule is COCC(O)CNC(=O)c1ccccc1C(=O)O. The number of nitrogens with one attached hydrogen (secondary N) is 1. The normalized spacial score (nSPS) is 11.9. The highest BCUT2D eigenvalue weighted by Crippen LogP contribution is 2.08. The van der Waals surface area contributed by atoms with Crippen molar-refractivity contribution < 1.29 is 24.5 Å². The number of carboxylic acid groups (broad SMARTS) is 1. The number of carbonyl (C=O) groups is 2. The van der Waals surface area contributed by atoms with Crippen molar-refractivity contribution in [3.05, 3.63) is 35.4 Å². The number of rotatable bonds is 6. The van der Waals surface area contributed by atoms with Gasteiger partial charge in [-0.15, -0.1) is 0 Å². The van der Waals surface area contributed by atoms with Crippen molar-refractivity contribution in [2.75, 3.05) is 20.3 Å². The van der Waals surface area contributed by atoms with Gasteiger partial charge in [0.15, 0.2) is 0 Å². The van der Waals surface area contributed by atoms with E-state index in [1.54, 1.807) is 12.1 Å². The van der Waals surface area contributed by atoms with Gasteiger partial charge in [0, 0.05) is 13.7 Å². The molecule has 3 N–H and O–H groups in total. The van der Waals surface area contributed by atoms with Crippen LogP contribution in [-0.2, 0) is 4.74 Å². The number of hydrogen-bond donors (Lipinski definition) is 3. The molecule has 0 saturated carbocycles. The lowest BCUT2D eigenvalue weighted by molar-refractivity contribution is 0.0606. The Kier molecular flexibility index (Phi) is 5.29. The van der Waals surface area contributed by atoms with Gasteiger partial charge in [-0.25, -0.2) is 4.79 Å². The molecule has 0 heterocycles. The molecular weight excluding hydrogens is 238 g/mol. The number of carbonyl (C=O) groups excluding carboxylic acids is 1. The Morgan fingerprint density at radius 1 is 1.33 bits per heavy atom. The summed E-state index contributed by atoms with van der Waals surface area (Å²) >= 11 is 0. The van der Waals surface area contributed by atoms with E-state index in [0.29, 0.717) is 0 Å². The van der Waals surface area contributed by atoms with Crippen LogP contribution in [-0.4, -0.2) is 48.5 Å². The van der Waals surface area contributed by atoms with Gasteiger partial charge in [0.05, 0.1) is 23.8 Å². The Morgan fingerprint density at radius 2 is 1.94 bits per heavy atom. The summed E-state index contributed by atoms with van der Waals surface area (Å²) in [5, 5.41) is 20.7. The molecule has 0 fully saturated rings. The third kappa shape index (κ3) is 3.83. The lowest BCUT2D eigenvalue weighted by Crippen LogP contribution is -2.35. The van der Waals surface area contributed by atoms with Gasteiger partial charge in [0.1, 0.15) is 0 Å². The summed E-state index contributed by atoms with van der Waals surface area (Å²) in [6.45, 7) is 0.0987. The molecule has 1 aromatic carbocycles. The molecule has 6 heteroatoms. The highest BCUT2D eigenvalue weighted by molar-refractivity contribution is 6.04.